The number of nitrogens with one attached hydrogen (secondary N) is 1. The van der Waals surface area contributed by atoms with Gasteiger partial charge in [0.05, 0.1) is 6.61 Å². The van der Waals surface area contributed by atoms with Crippen molar-refractivity contribution in [2.45, 2.75) is 20.8 Å². The summed E-state index contributed by atoms with van der Waals surface area (Å²) < 4.78 is 10.7. The Morgan fingerprint density at radius 2 is 2.11 bits per heavy atom. The van der Waals surface area contributed by atoms with Crippen molar-refractivity contribution in [2.24, 2.45) is 11.7 Å². The Hall–Kier alpha value is -1.69. The van der Waals surface area contributed by atoms with Crippen LogP contribution in [0.1, 0.15) is 25.2 Å². The molecule has 0 spiro atoms. The lowest BCUT2D eigenvalue weighted by Crippen LogP contribution is -2.16. The molecule has 0 saturated heterocycles. The molecule has 0 radical (unpaired) electrons. The van der Waals surface area contributed by atoms with E-state index in [-0.39, 0.29) is 11.8 Å². The number of nitrogen functional groups attached to an aromatic ring is 1. The van der Waals surface area contributed by atoms with Crippen LogP contribution in [0, 0.1) is 18.3 Å². The third kappa shape index (κ3) is 5.09. The molecule has 6 nitrogen and oxygen atoms in total. The van der Waals surface area contributed by atoms with Gasteiger partial charge in [-0.15, -0.1) is 0 Å². The van der Waals surface area contributed by atoms with E-state index in [9.17, 15) is 0 Å². The number of rotatable bonds is 7. The van der Waals surface area contributed by atoms with Gasteiger partial charge in [0.1, 0.15) is 18.1 Å². The second kappa shape index (κ2) is 6.90. The molecule has 6 heteroatoms. The molecule has 1 rings (SSSR count). The van der Waals surface area contributed by atoms with Crippen LogP contribution >= 0.6 is 0 Å². The number of nitrogens with zero attached hydrogens (tertiary/aromatic N) is 2. The van der Waals surface area contributed by atoms with Crippen molar-refractivity contribution in [3.63, 3.8) is 0 Å². The van der Waals surface area contributed by atoms with E-state index in [1.54, 1.807) is 13.0 Å². The van der Waals surface area contributed by atoms with Gasteiger partial charge < -0.3 is 15.2 Å². The zero-order valence-electron chi connectivity index (χ0n) is 11.1. The average molecular weight is 252 g/mol. The van der Waals surface area contributed by atoms with Crippen LogP contribution in [0.4, 0.5) is 0 Å². The van der Waals surface area contributed by atoms with Crippen LogP contribution in [-0.2, 0) is 4.74 Å². The molecule has 0 aliphatic carbocycles. The Kier molecular flexibility index (Phi) is 5.51. The van der Waals surface area contributed by atoms with Crippen LogP contribution in [0.25, 0.3) is 0 Å². The predicted molar refractivity (Wildman–Crippen MR) is 68.9 cm³/mol. The zero-order valence-corrected chi connectivity index (χ0v) is 11.1. The van der Waals surface area contributed by atoms with Crippen molar-refractivity contribution in [1.29, 1.82) is 5.41 Å². The Balaban J connectivity index is 2.44. The molecular formula is C12H20N4O2. The lowest BCUT2D eigenvalue weighted by Gasteiger charge is -2.08. The highest BCUT2D eigenvalue weighted by Gasteiger charge is 2.05. The lowest BCUT2D eigenvalue weighted by molar-refractivity contribution is 0.0791. The molecule has 3 N–H and O–H groups in total. The molecular weight excluding hydrogens is 232 g/mol. The smallest absolute Gasteiger partial charge is 0.317 e. The van der Waals surface area contributed by atoms with E-state index in [1.807, 2.05) is 0 Å². The average Bonchev–Trinajstić information content (AvgIpc) is 2.27. The van der Waals surface area contributed by atoms with Gasteiger partial charge in [-0.1, -0.05) is 13.8 Å². The molecule has 0 unspecified atom stereocenters. The fraction of sp³-hybridized carbons (Fsp3) is 0.583. The molecule has 0 atom stereocenters. The molecule has 1 aromatic rings. The number of amidine groups is 1. The minimum absolute atomic E-state index is 0.0959. The largest absolute Gasteiger partial charge is 0.461 e. The number of hydrogen-bond acceptors (Lipinski definition) is 5. The SMILES string of the molecule is Cc1cc(C(=N)N)nc(OCCOCC(C)C)n1. The number of ether oxygens (including phenoxy) is 2. The van der Waals surface area contributed by atoms with Crippen molar-refractivity contribution in [1.82, 2.24) is 9.97 Å². The van der Waals surface area contributed by atoms with Crippen LogP contribution in [-0.4, -0.2) is 35.6 Å². The van der Waals surface area contributed by atoms with E-state index >= 15 is 0 Å². The Morgan fingerprint density at radius 3 is 2.72 bits per heavy atom. The van der Waals surface area contributed by atoms with Crippen molar-refractivity contribution in [3.05, 3.63) is 17.5 Å². The van der Waals surface area contributed by atoms with Crippen LogP contribution in [0.3, 0.4) is 0 Å². The topological polar surface area (TPSA) is 94.1 Å². The highest BCUT2D eigenvalue weighted by molar-refractivity contribution is 5.93. The van der Waals surface area contributed by atoms with Crippen LogP contribution in [0.15, 0.2) is 6.07 Å². The highest BCUT2D eigenvalue weighted by atomic mass is 16.5. The first-order valence-electron chi connectivity index (χ1n) is 5.89. The van der Waals surface area contributed by atoms with E-state index in [0.29, 0.717) is 37.1 Å². The summed E-state index contributed by atoms with van der Waals surface area (Å²) in [7, 11) is 0. The standard InChI is InChI=1S/C12H20N4O2/c1-8(2)7-17-4-5-18-12-15-9(3)6-10(16-12)11(13)14/h6,8H,4-5,7H2,1-3H3,(H3,13,14). The van der Waals surface area contributed by atoms with Gasteiger partial charge in [-0.3, -0.25) is 5.41 Å². The number of nitrogens with two attached hydrogens (primary N) is 1. The third-order valence-electron chi connectivity index (χ3n) is 2.02. The first-order valence-corrected chi connectivity index (χ1v) is 5.89. The van der Waals surface area contributed by atoms with Gasteiger partial charge in [0.25, 0.3) is 0 Å². The number of aromatic nitrogens is 2. The van der Waals surface area contributed by atoms with Crippen molar-refractivity contribution in [2.75, 3.05) is 19.8 Å². The second-order valence-electron chi connectivity index (χ2n) is 4.41. The van der Waals surface area contributed by atoms with Crippen molar-refractivity contribution >= 4 is 5.84 Å². The minimum atomic E-state index is -0.0959. The van der Waals surface area contributed by atoms with Gasteiger partial charge in [-0.25, -0.2) is 4.98 Å². The summed E-state index contributed by atoms with van der Waals surface area (Å²) in [5.74, 6) is 0.408. The summed E-state index contributed by atoms with van der Waals surface area (Å²) >= 11 is 0. The predicted octanol–water partition coefficient (Wildman–Crippen LogP) is 1.12. The normalized spacial score (nSPS) is 10.7. The maximum absolute atomic E-state index is 7.33. The third-order valence-corrected chi connectivity index (χ3v) is 2.02. The first kappa shape index (κ1) is 14.4. The fourth-order valence-corrected chi connectivity index (χ4v) is 1.25. The van der Waals surface area contributed by atoms with Gasteiger partial charge >= 0.3 is 6.01 Å². The summed E-state index contributed by atoms with van der Waals surface area (Å²) in [5.41, 5.74) is 6.47. The minimum Gasteiger partial charge on any atom is -0.461 e. The fourth-order valence-electron chi connectivity index (χ4n) is 1.25. The van der Waals surface area contributed by atoms with Gasteiger partial charge in [-0.2, -0.15) is 4.98 Å². The molecule has 0 aromatic carbocycles. The summed E-state index contributed by atoms with van der Waals surface area (Å²) in [6.45, 7) is 7.55. The van der Waals surface area contributed by atoms with Crippen LogP contribution < -0.4 is 10.5 Å². The monoisotopic (exact) mass is 252 g/mol. The molecule has 100 valence electrons. The quantitative estimate of drug-likeness (QED) is 0.431. The van der Waals surface area contributed by atoms with Gasteiger partial charge in [0.2, 0.25) is 0 Å². The molecule has 0 saturated carbocycles. The molecule has 1 aromatic heterocycles. The van der Waals surface area contributed by atoms with E-state index in [2.05, 4.69) is 23.8 Å². The van der Waals surface area contributed by atoms with E-state index in [1.165, 1.54) is 0 Å². The molecule has 0 amide bonds. The summed E-state index contributed by atoms with van der Waals surface area (Å²) in [6, 6.07) is 1.87. The van der Waals surface area contributed by atoms with E-state index < -0.39 is 0 Å². The summed E-state index contributed by atoms with van der Waals surface area (Å²) in [6.07, 6.45) is 0. The van der Waals surface area contributed by atoms with Crippen LogP contribution in [0.2, 0.25) is 0 Å². The van der Waals surface area contributed by atoms with Crippen LogP contribution in [0.5, 0.6) is 6.01 Å². The Labute approximate surface area is 107 Å². The van der Waals surface area contributed by atoms with Gasteiger partial charge in [0.15, 0.2) is 0 Å². The lowest BCUT2D eigenvalue weighted by atomic mass is 10.2. The second-order valence-corrected chi connectivity index (χ2v) is 4.41. The Bertz CT molecular complexity index is 407. The Morgan fingerprint density at radius 1 is 1.39 bits per heavy atom. The molecule has 0 fully saturated rings. The van der Waals surface area contributed by atoms with Crippen molar-refractivity contribution < 1.29 is 9.47 Å². The zero-order chi connectivity index (χ0) is 13.5. The summed E-state index contributed by atoms with van der Waals surface area (Å²) in [5, 5.41) is 7.33. The first-order chi connectivity index (χ1) is 8.49. The molecule has 0 aliphatic heterocycles. The maximum atomic E-state index is 7.33. The number of hydrogen-bond donors (Lipinski definition) is 2. The molecule has 0 aliphatic rings. The van der Waals surface area contributed by atoms with Gasteiger partial charge in [-0.05, 0) is 18.9 Å². The van der Waals surface area contributed by atoms with Gasteiger partial charge in [0, 0.05) is 12.3 Å². The van der Waals surface area contributed by atoms with E-state index in [4.69, 9.17) is 20.6 Å². The highest BCUT2D eigenvalue weighted by Crippen LogP contribution is 2.06. The molecule has 1 heterocycles. The maximum Gasteiger partial charge on any atom is 0.317 e. The summed E-state index contributed by atoms with van der Waals surface area (Å²) in [4.78, 5) is 8.14. The molecule has 18 heavy (non-hydrogen) atoms. The number of aryl methyl sites for hydroxylation is 1. The van der Waals surface area contributed by atoms with E-state index in [0.717, 1.165) is 0 Å². The molecule has 0 bridgehead atoms. The van der Waals surface area contributed by atoms with Crippen molar-refractivity contribution in [3.8, 4) is 6.01 Å².